The summed E-state index contributed by atoms with van der Waals surface area (Å²) in [5.41, 5.74) is -0.703. The van der Waals surface area contributed by atoms with E-state index in [1.807, 2.05) is 0 Å². The first-order valence-corrected chi connectivity index (χ1v) is 4.52. The van der Waals surface area contributed by atoms with E-state index in [0.29, 0.717) is 10.8 Å². The first kappa shape index (κ1) is 10.7. The summed E-state index contributed by atoms with van der Waals surface area (Å²) in [5, 5.41) is 1.03. The first-order chi connectivity index (χ1) is 7.52. The maximum Gasteiger partial charge on any atom is 0.416 e. The van der Waals surface area contributed by atoms with Gasteiger partial charge in [-0.3, -0.25) is 0 Å². The maximum atomic E-state index is 12.5. The second kappa shape index (κ2) is 3.66. The summed E-state index contributed by atoms with van der Waals surface area (Å²) < 4.78 is 42.4. The normalized spacial score (nSPS) is 11.8. The fraction of sp³-hybridized carbons (Fsp3) is 0.182. The number of alkyl halides is 3. The summed E-state index contributed by atoms with van der Waals surface area (Å²) in [7, 11) is 1.38. The molecule has 0 unspecified atom stereocenters. The SMILES string of the molecule is COc1nccc2ccc(C(F)(F)F)cc12. The lowest BCUT2D eigenvalue weighted by Gasteiger charge is -2.09. The van der Waals surface area contributed by atoms with Gasteiger partial charge in [0.2, 0.25) is 5.88 Å². The maximum absolute atomic E-state index is 12.5. The monoisotopic (exact) mass is 227 g/mol. The Hall–Kier alpha value is -1.78. The third kappa shape index (κ3) is 1.80. The molecule has 1 aromatic carbocycles. The Labute approximate surface area is 89.7 Å². The molecule has 2 rings (SSSR count). The third-order valence-electron chi connectivity index (χ3n) is 2.25. The highest BCUT2D eigenvalue weighted by Crippen LogP contribution is 2.33. The largest absolute Gasteiger partial charge is 0.481 e. The molecule has 0 aliphatic rings. The minimum atomic E-state index is -4.35. The molecular formula is C11H8F3NO. The van der Waals surface area contributed by atoms with E-state index in [2.05, 4.69) is 4.98 Å². The zero-order valence-corrected chi connectivity index (χ0v) is 8.38. The second-order valence-electron chi connectivity index (χ2n) is 3.25. The smallest absolute Gasteiger partial charge is 0.416 e. The number of hydrogen-bond acceptors (Lipinski definition) is 2. The number of ether oxygens (including phenoxy) is 1. The standard InChI is InChI=1S/C11H8F3NO/c1-16-10-9-6-8(11(12,13)14)3-2-7(9)4-5-15-10/h2-6H,1H3. The Balaban J connectivity index is 2.68. The average molecular weight is 227 g/mol. The van der Waals surface area contributed by atoms with Crippen LogP contribution in [0.25, 0.3) is 10.8 Å². The topological polar surface area (TPSA) is 22.1 Å². The van der Waals surface area contributed by atoms with E-state index in [4.69, 9.17) is 4.74 Å². The minimum absolute atomic E-state index is 0.198. The Morgan fingerprint density at radius 3 is 2.56 bits per heavy atom. The summed E-state index contributed by atoms with van der Waals surface area (Å²) in [6.45, 7) is 0. The molecule has 2 nitrogen and oxygen atoms in total. The van der Waals surface area contributed by atoms with Crippen LogP contribution in [0.1, 0.15) is 5.56 Å². The highest BCUT2D eigenvalue weighted by atomic mass is 19.4. The molecule has 0 N–H and O–H groups in total. The Kier molecular flexibility index (Phi) is 2.46. The van der Waals surface area contributed by atoms with E-state index in [1.54, 1.807) is 6.07 Å². The van der Waals surface area contributed by atoms with Crippen LogP contribution in [0.3, 0.4) is 0 Å². The van der Waals surface area contributed by atoms with Crippen LogP contribution < -0.4 is 4.74 Å². The van der Waals surface area contributed by atoms with Crippen molar-refractivity contribution in [3.63, 3.8) is 0 Å². The number of halogens is 3. The number of hydrogen-bond donors (Lipinski definition) is 0. The molecule has 0 saturated heterocycles. The van der Waals surface area contributed by atoms with Gasteiger partial charge >= 0.3 is 6.18 Å². The number of aromatic nitrogens is 1. The van der Waals surface area contributed by atoms with Crippen LogP contribution in [0.5, 0.6) is 5.88 Å². The summed E-state index contributed by atoms with van der Waals surface area (Å²) in [5.74, 6) is 0.198. The van der Waals surface area contributed by atoms with Gasteiger partial charge < -0.3 is 4.74 Å². The van der Waals surface area contributed by atoms with E-state index in [0.717, 1.165) is 12.1 Å². The van der Waals surface area contributed by atoms with Gasteiger partial charge in [-0.05, 0) is 23.6 Å². The van der Waals surface area contributed by atoms with E-state index < -0.39 is 11.7 Å². The molecular weight excluding hydrogens is 219 g/mol. The van der Waals surface area contributed by atoms with Crippen LogP contribution >= 0.6 is 0 Å². The Bertz CT molecular complexity index is 522. The van der Waals surface area contributed by atoms with Gasteiger partial charge in [-0.1, -0.05) is 6.07 Å². The summed E-state index contributed by atoms with van der Waals surface area (Å²) in [4.78, 5) is 3.86. The van der Waals surface area contributed by atoms with Crippen molar-refractivity contribution in [2.75, 3.05) is 7.11 Å². The highest BCUT2D eigenvalue weighted by Gasteiger charge is 2.30. The third-order valence-corrected chi connectivity index (χ3v) is 2.25. The molecule has 0 radical (unpaired) electrons. The molecule has 0 aliphatic carbocycles. The summed E-state index contributed by atoms with van der Waals surface area (Å²) in [6.07, 6.45) is -2.86. The van der Waals surface area contributed by atoms with Crippen LogP contribution in [0.4, 0.5) is 13.2 Å². The van der Waals surface area contributed by atoms with Crippen LogP contribution in [0, 0.1) is 0 Å². The molecule has 1 heterocycles. The highest BCUT2D eigenvalue weighted by molar-refractivity contribution is 5.87. The number of nitrogens with zero attached hydrogens (tertiary/aromatic N) is 1. The van der Waals surface area contributed by atoms with Crippen molar-refractivity contribution in [2.24, 2.45) is 0 Å². The van der Waals surface area contributed by atoms with E-state index in [9.17, 15) is 13.2 Å². The lowest BCUT2D eigenvalue weighted by atomic mass is 10.1. The summed E-state index contributed by atoms with van der Waals surface area (Å²) >= 11 is 0. The van der Waals surface area contributed by atoms with E-state index in [-0.39, 0.29) is 5.88 Å². The van der Waals surface area contributed by atoms with Gasteiger partial charge in [0, 0.05) is 11.6 Å². The van der Waals surface area contributed by atoms with Gasteiger partial charge in [0.1, 0.15) is 0 Å². The zero-order chi connectivity index (χ0) is 11.8. The predicted octanol–water partition coefficient (Wildman–Crippen LogP) is 3.26. The number of rotatable bonds is 1. The molecule has 1 aromatic heterocycles. The van der Waals surface area contributed by atoms with Crippen molar-refractivity contribution in [3.05, 3.63) is 36.0 Å². The molecule has 0 bridgehead atoms. The number of fused-ring (bicyclic) bond motifs is 1. The summed E-state index contributed by atoms with van der Waals surface area (Å²) in [6, 6.07) is 5.13. The average Bonchev–Trinajstić information content (AvgIpc) is 2.26. The van der Waals surface area contributed by atoms with Crippen molar-refractivity contribution >= 4 is 10.8 Å². The van der Waals surface area contributed by atoms with Crippen molar-refractivity contribution in [3.8, 4) is 5.88 Å². The van der Waals surface area contributed by atoms with Crippen molar-refractivity contribution in [1.29, 1.82) is 0 Å². The zero-order valence-electron chi connectivity index (χ0n) is 8.38. The van der Waals surface area contributed by atoms with Crippen LogP contribution in [0.15, 0.2) is 30.5 Å². The molecule has 16 heavy (non-hydrogen) atoms. The molecule has 0 amide bonds. The van der Waals surface area contributed by atoms with Crippen molar-refractivity contribution in [2.45, 2.75) is 6.18 Å². The molecule has 0 spiro atoms. The van der Waals surface area contributed by atoms with Gasteiger partial charge in [-0.2, -0.15) is 13.2 Å². The molecule has 2 aromatic rings. The number of pyridine rings is 1. The second-order valence-corrected chi connectivity index (χ2v) is 3.25. The number of benzene rings is 1. The number of methoxy groups -OCH3 is 1. The minimum Gasteiger partial charge on any atom is -0.481 e. The molecule has 0 saturated carbocycles. The van der Waals surface area contributed by atoms with Gasteiger partial charge in [0.25, 0.3) is 0 Å². The van der Waals surface area contributed by atoms with Crippen molar-refractivity contribution in [1.82, 2.24) is 4.98 Å². The van der Waals surface area contributed by atoms with Crippen LogP contribution in [-0.2, 0) is 6.18 Å². The fourth-order valence-electron chi connectivity index (χ4n) is 1.48. The fourth-order valence-corrected chi connectivity index (χ4v) is 1.48. The molecule has 84 valence electrons. The molecule has 0 fully saturated rings. The van der Waals surface area contributed by atoms with Crippen molar-refractivity contribution < 1.29 is 17.9 Å². The first-order valence-electron chi connectivity index (χ1n) is 4.52. The van der Waals surface area contributed by atoms with Crippen LogP contribution in [0.2, 0.25) is 0 Å². The van der Waals surface area contributed by atoms with E-state index >= 15 is 0 Å². The lowest BCUT2D eigenvalue weighted by Crippen LogP contribution is -2.04. The quantitative estimate of drug-likeness (QED) is 0.745. The van der Waals surface area contributed by atoms with Crippen LogP contribution in [-0.4, -0.2) is 12.1 Å². The lowest BCUT2D eigenvalue weighted by molar-refractivity contribution is -0.137. The Morgan fingerprint density at radius 2 is 1.94 bits per heavy atom. The molecule has 0 atom stereocenters. The van der Waals surface area contributed by atoms with Gasteiger partial charge in [-0.15, -0.1) is 0 Å². The molecule has 0 aliphatic heterocycles. The van der Waals surface area contributed by atoms with Gasteiger partial charge in [0.15, 0.2) is 0 Å². The predicted molar refractivity (Wildman–Crippen MR) is 53.3 cm³/mol. The Morgan fingerprint density at radius 1 is 1.19 bits per heavy atom. The molecule has 5 heteroatoms. The van der Waals surface area contributed by atoms with Gasteiger partial charge in [0.05, 0.1) is 12.7 Å². The van der Waals surface area contributed by atoms with E-state index in [1.165, 1.54) is 19.4 Å². The van der Waals surface area contributed by atoms with Gasteiger partial charge in [-0.25, -0.2) is 4.98 Å².